The number of Topliss-reactive ketones (excluding diaryl/α,β-unsaturated/α-hetero) is 1. The van der Waals surface area contributed by atoms with E-state index in [-0.39, 0.29) is 17.7 Å². The van der Waals surface area contributed by atoms with Crippen molar-refractivity contribution in [2.24, 2.45) is 4.99 Å². The summed E-state index contributed by atoms with van der Waals surface area (Å²) < 4.78 is 5.37. The van der Waals surface area contributed by atoms with Gasteiger partial charge in [-0.2, -0.15) is 0 Å². The highest BCUT2D eigenvalue weighted by molar-refractivity contribution is 7.80. The van der Waals surface area contributed by atoms with Gasteiger partial charge in [-0.25, -0.2) is 0 Å². The van der Waals surface area contributed by atoms with Gasteiger partial charge in [0.25, 0.3) is 0 Å². The maximum Gasteiger partial charge on any atom is 0.168 e. The number of ketones is 1. The first-order valence-electron chi connectivity index (χ1n) is 10.0. The summed E-state index contributed by atoms with van der Waals surface area (Å²) in [5, 5.41) is 3.21. The summed E-state index contributed by atoms with van der Waals surface area (Å²) in [5.74, 6) is 0.833. The highest BCUT2D eigenvalue weighted by Gasteiger charge is 2.28. The summed E-state index contributed by atoms with van der Waals surface area (Å²) in [7, 11) is 1.65. The minimum atomic E-state index is -0.222. The summed E-state index contributed by atoms with van der Waals surface area (Å²) in [6.45, 7) is 6.30. The van der Waals surface area contributed by atoms with Crippen molar-refractivity contribution in [2.45, 2.75) is 52.0 Å². The number of fused-ring (bicyclic) bond motifs is 1. The van der Waals surface area contributed by atoms with Gasteiger partial charge in [-0.15, -0.1) is 0 Å². The van der Waals surface area contributed by atoms with Crippen molar-refractivity contribution in [3.8, 4) is 5.75 Å². The Morgan fingerprint density at radius 1 is 1.21 bits per heavy atom. The number of carbonyl (C=O) groups is 1. The molecule has 0 unspecified atom stereocenters. The number of nitrogens with zero attached hydrogens (tertiary/aromatic N) is 1. The first kappa shape index (κ1) is 21.2. The molecule has 0 atom stereocenters. The van der Waals surface area contributed by atoms with Crippen LogP contribution in [0.2, 0.25) is 0 Å². The maximum absolute atomic E-state index is 13.0. The van der Waals surface area contributed by atoms with Crippen LogP contribution >= 0.6 is 12.2 Å². The lowest BCUT2D eigenvalue weighted by atomic mass is 9.85. The van der Waals surface area contributed by atoms with Crippen molar-refractivity contribution in [2.75, 3.05) is 12.4 Å². The van der Waals surface area contributed by atoms with Gasteiger partial charge in [-0.1, -0.05) is 25.2 Å². The van der Waals surface area contributed by atoms with Crippen LogP contribution in [0.4, 0.5) is 5.69 Å². The third-order valence-electron chi connectivity index (χ3n) is 4.98. The number of aliphatic imine (C=N–C) groups is 1. The summed E-state index contributed by atoms with van der Waals surface area (Å²) >= 11 is 5.30. The van der Waals surface area contributed by atoms with Crippen LogP contribution in [0.3, 0.4) is 0 Å². The molecule has 2 aromatic carbocycles. The van der Waals surface area contributed by atoms with Crippen LogP contribution in [0.15, 0.2) is 47.5 Å². The van der Waals surface area contributed by atoms with Crippen molar-refractivity contribution in [3.63, 3.8) is 0 Å². The Bertz CT molecular complexity index is 946. The highest BCUT2D eigenvalue weighted by atomic mass is 32.1. The number of carbonyl (C=O) groups excluding carboxylic acids is 1. The molecule has 0 fully saturated rings. The zero-order valence-corrected chi connectivity index (χ0v) is 18.4. The molecule has 0 spiro atoms. The largest absolute Gasteiger partial charge is 0.497 e. The fraction of sp³-hybridized carbons (Fsp3) is 0.375. The van der Waals surface area contributed by atoms with Crippen molar-refractivity contribution >= 4 is 34.4 Å². The Morgan fingerprint density at radius 3 is 2.59 bits per heavy atom. The normalized spacial score (nSPS) is 14.6. The van der Waals surface area contributed by atoms with Crippen LogP contribution < -0.4 is 10.1 Å². The van der Waals surface area contributed by atoms with E-state index in [1.165, 1.54) is 5.56 Å². The van der Waals surface area contributed by atoms with Gasteiger partial charge in [-0.05, 0) is 75.1 Å². The van der Waals surface area contributed by atoms with Crippen LogP contribution in [0, 0.1) is 0 Å². The molecular weight excluding hydrogens is 380 g/mol. The number of hydrogen-bond acceptors (Lipinski definition) is 4. The van der Waals surface area contributed by atoms with Crippen LogP contribution in [-0.2, 0) is 6.42 Å². The molecule has 0 saturated carbocycles. The van der Waals surface area contributed by atoms with E-state index >= 15 is 0 Å². The predicted octanol–water partition coefficient (Wildman–Crippen LogP) is 5.63. The summed E-state index contributed by atoms with van der Waals surface area (Å²) in [6.07, 6.45) is 2.98. The lowest BCUT2D eigenvalue weighted by Crippen LogP contribution is -2.30. The number of rotatable bonds is 7. The molecule has 0 saturated heterocycles. The molecule has 0 amide bonds. The highest BCUT2D eigenvalue weighted by Crippen LogP contribution is 2.31. The van der Waals surface area contributed by atoms with E-state index in [0.717, 1.165) is 47.0 Å². The number of thiocarbonyl (C=S) groups is 1. The van der Waals surface area contributed by atoms with E-state index in [1.54, 1.807) is 7.11 Å². The van der Waals surface area contributed by atoms with Gasteiger partial charge in [0, 0.05) is 16.8 Å². The van der Waals surface area contributed by atoms with Gasteiger partial charge in [0.15, 0.2) is 5.78 Å². The van der Waals surface area contributed by atoms with E-state index in [1.807, 2.05) is 36.4 Å². The topological polar surface area (TPSA) is 50.7 Å². The van der Waals surface area contributed by atoms with E-state index in [2.05, 4.69) is 32.2 Å². The standard InChI is InChI=1S/C24H28N2O2S/c1-5-6-23(29)25-18-10-7-16(8-11-18)22(27)14-21-20-13-19(28-4)12-9-17(20)15-24(2,3)26-21/h7-13H,5-6,14-15H2,1-4H3,(H,25,29). The van der Waals surface area contributed by atoms with Crippen molar-refractivity contribution in [1.29, 1.82) is 0 Å². The first-order valence-corrected chi connectivity index (χ1v) is 10.4. The van der Waals surface area contributed by atoms with Gasteiger partial charge >= 0.3 is 0 Å². The van der Waals surface area contributed by atoms with Gasteiger partial charge < -0.3 is 10.1 Å². The second-order valence-corrected chi connectivity index (χ2v) is 8.54. The molecule has 2 aromatic rings. The first-order chi connectivity index (χ1) is 13.8. The zero-order chi connectivity index (χ0) is 21.0. The minimum absolute atomic E-state index is 0.0536. The Morgan fingerprint density at radius 2 is 1.93 bits per heavy atom. The summed E-state index contributed by atoms with van der Waals surface area (Å²) in [5.41, 5.74) is 4.41. The molecule has 5 heteroatoms. The second kappa shape index (κ2) is 8.87. The number of hydrogen-bond donors (Lipinski definition) is 1. The Balaban J connectivity index is 1.79. The molecule has 0 aromatic heterocycles. The molecule has 1 aliphatic heterocycles. The fourth-order valence-electron chi connectivity index (χ4n) is 3.62. The van der Waals surface area contributed by atoms with Gasteiger partial charge in [0.05, 0.1) is 29.8 Å². The van der Waals surface area contributed by atoms with Gasteiger partial charge in [0.1, 0.15) is 5.75 Å². The third-order valence-corrected chi connectivity index (χ3v) is 5.29. The lowest BCUT2D eigenvalue weighted by molar-refractivity contribution is 0.100. The quantitative estimate of drug-likeness (QED) is 0.476. The molecule has 152 valence electrons. The number of benzene rings is 2. The van der Waals surface area contributed by atoms with Gasteiger partial charge in [-0.3, -0.25) is 9.79 Å². The lowest BCUT2D eigenvalue weighted by Gasteiger charge is -2.29. The van der Waals surface area contributed by atoms with E-state index in [4.69, 9.17) is 21.9 Å². The fourth-order valence-corrected chi connectivity index (χ4v) is 3.94. The Hall–Kier alpha value is -2.53. The predicted molar refractivity (Wildman–Crippen MR) is 124 cm³/mol. The van der Waals surface area contributed by atoms with E-state index in [0.29, 0.717) is 5.56 Å². The molecule has 1 N–H and O–H groups in total. The second-order valence-electron chi connectivity index (χ2n) is 8.05. The van der Waals surface area contributed by atoms with Crippen LogP contribution in [0.5, 0.6) is 5.75 Å². The molecule has 0 radical (unpaired) electrons. The Kier molecular flexibility index (Phi) is 6.48. The van der Waals surface area contributed by atoms with Crippen LogP contribution in [0.25, 0.3) is 0 Å². The molecular formula is C24H28N2O2S. The number of methoxy groups -OCH3 is 1. The zero-order valence-electron chi connectivity index (χ0n) is 17.5. The monoisotopic (exact) mass is 408 g/mol. The molecule has 1 heterocycles. The number of nitrogens with one attached hydrogen (secondary N) is 1. The van der Waals surface area contributed by atoms with Crippen LogP contribution in [0.1, 0.15) is 61.5 Å². The van der Waals surface area contributed by atoms with Crippen molar-refractivity contribution < 1.29 is 9.53 Å². The third kappa shape index (κ3) is 5.30. The molecule has 0 aliphatic carbocycles. The van der Waals surface area contributed by atoms with E-state index < -0.39 is 0 Å². The molecule has 4 nitrogen and oxygen atoms in total. The van der Waals surface area contributed by atoms with Crippen molar-refractivity contribution in [3.05, 3.63) is 59.2 Å². The molecule has 0 bridgehead atoms. The summed E-state index contributed by atoms with van der Waals surface area (Å²) in [6, 6.07) is 13.5. The maximum atomic E-state index is 13.0. The SMILES string of the molecule is CCCC(=S)Nc1ccc(C(=O)CC2=NC(C)(C)Cc3ccc(OC)cc32)cc1. The van der Waals surface area contributed by atoms with Crippen LogP contribution in [-0.4, -0.2) is 29.1 Å². The molecule has 1 aliphatic rings. The number of anilines is 1. The molecule has 3 rings (SSSR count). The summed E-state index contributed by atoms with van der Waals surface area (Å²) in [4.78, 5) is 18.7. The smallest absolute Gasteiger partial charge is 0.168 e. The number of ether oxygens (including phenoxy) is 1. The minimum Gasteiger partial charge on any atom is -0.497 e. The Labute approximate surface area is 178 Å². The van der Waals surface area contributed by atoms with E-state index in [9.17, 15) is 4.79 Å². The average Bonchev–Trinajstić information content (AvgIpc) is 2.67. The average molecular weight is 409 g/mol. The van der Waals surface area contributed by atoms with Gasteiger partial charge in [0.2, 0.25) is 0 Å². The molecule has 29 heavy (non-hydrogen) atoms. The van der Waals surface area contributed by atoms with Crippen molar-refractivity contribution in [1.82, 2.24) is 0 Å².